The van der Waals surface area contributed by atoms with Crippen molar-refractivity contribution in [3.05, 3.63) is 0 Å². The van der Waals surface area contributed by atoms with E-state index in [2.05, 4.69) is 5.32 Å². The Morgan fingerprint density at radius 3 is 2.47 bits per heavy atom. The Kier molecular flexibility index (Phi) is 4.98. The van der Waals surface area contributed by atoms with Gasteiger partial charge in [-0.05, 0) is 25.8 Å². The topological polar surface area (TPSA) is 86.6 Å². The molecule has 1 fully saturated rings. The number of rotatable bonds is 6. The fourth-order valence-electron chi connectivity index (χ4n) is 1.73. The highest BCUT2D eigenvalue weighted by atomic mass is 32.2. The molecule has 1 aliphatic rings. The highest BCUT2D eigenvalue weighted by Crippen LogP contribution is 2.12. The zero-order chi connectivity index (χ0) is 11.3. The lowest BCUT2D eigenvalue weighted by Crippen LogP contribution is -2.39. The molecule has 0 aromatic rings. The number of aliphatic hydroxyl groups is 2. The van der Waals surface area contributed by atoms with Crippen LogP contribution in [0.2, 0.25) is 0 Å². The summed E-state index contributed by atoms with van der Waals surface area (Å²) in [7, 11) is -3.04. The zero-order valence-electron chi connectivity index (χ0n) is 8.72. The van der Waals surface area contributed by atoms with Crippen molar-refractivity contribution in [3.8, 4) is 0 Å². The first-order valence-electron chi connectivity index (χ1n) is 5.28. The zero-order valence-corrected chi connectivity index (χ0v) is 9.54. The second kappa shape index (κ2) is 5.79. The second-order valence-corrected chi connectivity index (χ2v) is 6.14. The van der Waals surface area contributed by atoms with Crippen LogP contribution in [0.3, 0.4) is 0 Å². The summed E-state index contributed by atoms with van der Waals surface area (Å²) in [5.41, 5.74) is 0. The summed E-state index contributed by atoms with van der Waals surface area (Å²) in [6, 6.07) is -0.316. The molecule has 0 aromatic heterocycles. The van der Waals surface area contributed by atoms with E-state index >= 15 is 0 Å². The molecule has 2 atom stereocenters. The maximum absolute atomic E-state index is 11.2. The molecule has 0 radical (unpaired) electrons. The number of hydrogen-bond donors (Lipinski definition) is 3. The largest absolute Gasteiger partial charge is 0.396 e. The van der Waals surface area contributed by atoms with E-state index in [1.54, 1.807) is 0 Å². The Morgan fingerprint density at radius 2 is 1.93 bits per heavy atom. The van der Waals surface area contributed by atoms with Crippen LogP contribution < -0.4 is 5.32 Å². The van der Waals surface area contributed by atoms with E-state index in [4.69, 9.17) is 5.11 Å². The number of aliphatic hydroxyl groups excluding tert-OH is 2. The van der Waals surface area contributed by atoms with Crippen LogP contribution in [0.4, 0.5) is 0 Å². The van der Waals surface area contributed by atoms with E-state index in [1.807, 2.05) is 0 Å². The molecule has 0 spiro atoms. The molecule has 0 amide bonds. The van der Waals surface area contributed by atoms with E-state index in [1.165, 1.54) is 0 Å². The predicted octanol–water partition coefficient (Wildman–Crippen LogP) is -1.10. The van der Waals surface area contributed by atoms with Crippen LogP contribution in [-0.2, 0) is 9.84 Å². The molecule has 1 saturated heterocycles. The number of nitrogens with one attached hydrogen (secondary N) is 1. The Morgan fingerprint density at radius 1 is 1.20 bits per heavy atom. The highest BCUT2D eigenvalue weighted by molar-refractivity contribution is 7.91. The Hall–Kier alpha value is -0.170. The molecule has 1 heterocycles. The van der Waals surface area contributed by atoms with Crippen molar-refractivity contribution in [1.29, 1.82) is 0 Å². The lowest BCUT2D eigenvalue weighted by Gasteiger charge is -2.14. The Balaban J connectivity index is 2.17. The maximum atomic E-state index is 11.2. The summed E-state index contributed by atoms with van der Waals surface area (Å²) in [5, 5.41) is 21.0. The molecule has 0 bridgehead atoms. The molecular formula is C9H19NO4S. The smallest absolute Gasteiger partial charge is 0.154 e. The molecule has 0 saturated carbocycles. The van der Waals surface area contributed by atoms with Gasteiger partial charge in [0.1, 0.15) is 0 Å². The summed E-state index contributed by atoms with van der Waals surface area (Å²) in [6.45, 7) is 0.887. The molecule has 1 aliphatic heterocycles. The minimum absolute atomic E-state index is 0.0359. The van der Waals surface area contributed by atoms with E-state index in [0.717, 1.165) is 19.3 Å². The third kappa shape index (κ3) is 4.46. The summed E-state index contributed by atoms with van der Waals surface area (Å²) in [6.07, 6.45) is 1.81. The fraction of sp³-hybridized carbons (Fsp3) is 1.00. The van der Waals surface area contributed by atoms with Crippen LogP contribution in [0, 0.1) is 0 Å². The third-order valence-electron chi connectivity index (χ3n) is 2.56. The van der Waals surface area contributed by atoms with Crippen molar-refractivity contribution in [2.75, 3.05) is 24.7 Å². The first kappa shape index (κ1) is 12.9. The quantitative estimate of drug-likeness (QED) is 0.510. The van der Waals surface area contributed by atoms with Gasteiger partial charge in [-0.25, -0.2) is 8.42 Å². The Bertz CT molecular complexity index is 278. The van der Waals surface area contributed by atoms with Gasteiger partial charge in [-0.15, -0.1) is 0 Å². The van der Waals surface area contributed by atoms with Gasteiger partial charge in [-0.1, -0.05) is 0 Å². The van der Waals surface area contributed by atoms with Crippen molar-refractivity contribution in [1.82, 2.24) is 5.32 Å². The molecule has 0 aromatic carbocycles. The van der Waals surface area contributed by atoms with Crippen LogP contribution in [0.1, 0.15) is 19.3 Å². The number of hydrogen-bond acceptors (Lipinski definition) is 5. The van der Waals surface area contributed by atoms with Crippen LogP contribution in [0.25, 0.3) is 0 Å². The van der Waals surface area contributed by atoms with E-state index in [0.29, 0.717) is 6.54 Å². The van der Waals surface area contributed by atoms with Gasteiger partial charge in [-0.2, -0.15) is 0 Å². The van der Waals surface area contributed by atoms with E-state index in [9.17, 15) is 13.5 Å². The fourth-order valence-corrected chi connectivity index (χ4v) is 3.50. The molecule has 1 rings (SSSR count). The van der Waals surface area contributed by atoms with Crippen LogP contribution >= 0.6 is 0 Å². The monoisotopic (exact) mass is 237 g/mol. The summed E-state index contributed by atoms with van der Waals surface area (Å²) < 4.78 is 22.3. The van der Waals surface area contributed by atoms with Crippen molar-refractivity contribution in [2.24, 2.45) is 0 Å². The SMILES string of the molecule is O=S1(=O)C[C@@H](O)[C@H](NCCCCCO)C1. The van der Waals surface area contributed by atoms with Gasteiger partial charge in [0, 0.05) is 12.6 Å². The van der Waals surface area contributed by atoms with Crippen LogP contribution in [0.15, 0.2) is 0 Å². The molecule has 0 aliphatic carbocycles. The molecule has 0 unspecified atom stereocenters. The van der Waals surface area contributed by atoms with Gasteiger partial charge in [-0.3, -0.25) is 0 Å². The van der Waals surface area contributed by atoms with E-state index < -0.39 is 15.9 Å². The normalized spacial score (nSPS) is 29.5. The first-order valence-corrected chi connectivity index (χ1v) is 7.10. The first-order chi connectivity index (χ1) is 7.05. The molecule has 90 valence electrons. The van der Waals surface area contributed by atoms with Gasteiger partial charge >= 0.3 is 0 Å². The summed E-state index contributed by atoms with van der Waals surface area (Å²) in [5.74, 6) is -0.0878. The lowest BCUT2D eigenvalue weighted by atomic mass is 10.2. The molecule has 6 heteroatoms. The lowest BCUT2D eigenvalue weighted by molar-refractivity contribution is 0.165. The Labute approximate surface area is 90.4 Å². The predicted molar refractivity (Wildman–Crippen MR) is 57.4 cm³/mol. The molecule has 5 nitrogen and oxygen atoms in total. The molecular weight excluding hydrogens is 218 g/mol. The minimum Gasteiger partial charge on any atom is -0.396 e. The van der Waals surface area contributed by atoms with Crippen LogP contribution in [-0.4, -0.2) is 55.4 Å². The van der Waals surface area contributed by atoms with Gasteiger partial charge in [0.25, 0.3) is 0 Å². The average Bonchev–Trinajstić information content (AvgIpc) is 2.39. The van der Waals surface area contributed by atoms with Crippen molar-refractivity contribution in [3.63, 3.8) is 0 Å². The van der Waals surface area contributed by atoms with Gasteiger partial charge in [0.15, 0.2) is 9.84 Å². The molecule has 15 heavy (non-hydrogen) atoms. The standard InChI is InChI=1S/C9H19NO4S/c11-5-3-1-2-4-10-8-6-15(13,14)7-9(8)12/h8-12H,1-7H2/t8-,9-/m1/s1. The van der Waals surface area contributed by atoms with Crippen molar-refractivity contribution < 1.29 is 18.6 Å². The van der Waals surface area contributed by atoms with Crippen LogP contribution in [0.5, 0.6) is 0 Å². The average molecular weight is 237 g/mol. The highest BCUT2D eigenvalue weighted by Gasteiger charge is 2.35. The van der Waals surface area contributed by atoms with Crippen molar-refractivity contribution >= 4 is 9.84 Å². The summed E-state index contributed by atoms with van der Waals surface area (Å²) in [4.78, 5) is 0. The summed E-state index contributed by atoms with van der Waals surface area (Å²) >= 11 is 0. The van der Waals surface area contributed by atoms with Gasteiger partial charge < -0.3 is 15.5 Å². The van der Waals surface area contributed by atoms with Gasteiger partial charge in [0.05, 0.1) is 17.6 Å². The van der Waals surface area contributed by atoms with E-state index in [-0.39, 0.29) is 24.2 Å². The minimum atomic E-state index is -3.04. The number of unbranched alkanes of at least 4 members (excludes halogenated alkanes) is 2. The molecule has 3 N–H and O–H groups in total. The van der Waals surface area contributed by atoms with Crippen molar-refractivity contribution in [2.45, 2.75) is 31.4 Å². The number of sulfone groups is 1. The third-order valence-corrected chi connectivity index (χ3v) is 4.28. The second-order valence-electron chi connectivity index (χ2n) is 3.99. The van der Waals surface area contributed by atoms with Gasteiger partial charge in [0.2, 0.25) is 0 Å². The maximum Gasteiger partial charge on any atom is 0.154 e.